The number of ketones is 1. The molecule has 0 radical (unpaired) electrons. The van der Waals surface area contributed by atoms with E-state index in [1.54, 1.807) is 12.5 Å². The van der Waals surface area contributed by atoms with Gasteiger partial charge in [-0.2, -0.15) is 0 Å². The number of carbonyl (C=O) groups is 3. The Labute approximate surface area is 206 Å². The second kappa shape index (κ2) is 7.55. The summed E-state index contributed by atoms with van der Waals surface area (Å²) in [6, 6.07) is 1.84. The van der Waals surface area contributed by atoms with Crippen molar-refractivity contribution in [2.24, 2.45) is 33.5 Å². The summed E-state index contributed by atoms with van der Waals surface area (Å²) in [5.74, 6) is -1.16. The van der Waals surface area contributed by atoms with Gasteiger partial charge in [0, 0.05) is 22.8 Å². The van der Waals surface area contributed by atoms with Gasteiger partial charge in [-0.15, -0.1) is 0 Å². The predicted octanol–water partition coefficient (Wildman–Crippen LogP) is 4.55. The number of allylic oxidation sites excluding steroid dienone is 1. The summed E-state index contributed by atoms with van der Waals surface area (Å²) < 4.78 is 16.2. The zero-order valence-corrected chi connectivity index (χ0v) is 21.5. The topological polar surface area (TPSA) is 103 Å². The van der Waals surface area contributed by atoms with Gasteiger partial charge in [0.15, 0.2) is 0 Å². The lowest BCUT2D eigenvalue weighted by atomic mass is 9.37. The lowest BCUT2D eigenvalue weighted by molar-refractivity contribution is -0.204. The van der Waals surface area contributed by atoms with Crippen LogP contribution in [0.15, 0.2) is 34.2 Å². The van der Waals surface area contributed by atoms with Gasteiger partial charge >= 0.3 is 11.9 Å². The number of aliphatic hydroxyl groups is 1. The maximum atomic E-state index is 14.2. The summed E-state index contributed by atoms with van der Waals surface area (Å²) in [5.41, 5.74) is -0.0141. The molecule has 7 unspecified atom stereocenters. The number of ether oxygens (including phenoxy) is 2. The van der Waals surface area contributed by atoms with Crippen molar-refractivity contribution >= 4 is 17.7 Å². The molecule has 5 rings (SSSR count). The molecule has 2 bridgehead atoms. The van der Waals surface area contributed by atoms with E-state index in [2.05, 4.69) is 6.92 Å². The first-order valence-electron chi connectivity index (χ1n) is 12.6. The number of furan rings is 1. The molecule has 1 aliphatic heterocycles. The summed E-state index contributed by atoms with van der Waals surface area (Å²) in [6.07, 6.45) is 3.95. The van der Waals surface area contributed by atoms with Crippen LogP contribution in [0.2, 0.25) is 0 Å². The summed E-state index contributed by atoms with van der Waals surface area (Å²) in [5, 5.41) is 11.7. The average molecular weight is 485 g/mol. The Morgan fingerprint density at radius 3 is 2.51 bits per heavy atom. The van der Waals surface area contributed by atoms with E-state index in [-0.39, 0.29) is 36.5 Å². The summed E-state index contributed by atoms with van der Waals surface area (Å²) in [7, 11) is 1.35. The number of fused-ring (bicyclic) bond motifs is 5. The molecule has 0 aromatic carbocycles. The standard InChI is InChI=1S/C28H36O7/c1-25(2)19(12-20(29)33-6)28(5)17-7-9-26(3)18(16(17)13-27(4,23(25)31)24(28)32)11-21(30)35-22(26)15-8-10-34-14-15/h8,10,14,17,19,22-23,31H,7,9,11-13H2,1-6H3. The fraction of sp³-hybridized carbons (Fsp3) is 0.679. The molecule has 2 heterocycles. The highest BCUT2D eigenvalue weighted by Crippen LogP contribution is 2.70. The van der Waals surface area contributed by atoms with Crippen molar-refractivity contribution < 1.29 is 33.4 Å². The van der Waals surface area contributed by atoms with Gasteiger partial charge in [0.1, 0.15) is 11.9 Å². The molecule has 35 heavy (non-hydrogen) atoms. The van der Waals surface area contributed by atoms with Crippen molar-refractivity contribution in [1.82, 2.24) is 0 Å². The molecular formula is C28H36O7. The Morgan fingerprint density at radius 2 is 1.89 bits per heavy atom. The van der Waals surface area contributed by atoms with Crippen LogP contribution >= 0.6 is 0 Å². The van der Waals surface area contributed by atoms with Crippen LogP contribution in [0.5, 0.6) is 0 Å². The van der Waals surface area contributed by atoms with Gasteiger partial charge in [-0.1, -0.05) is 33.3 Å². The lowest BCUT2D eigenvalue weighted by Crippen LogP contribution is -2.70. The Morgan fingerprint density at radius 1 is 1.17 bits per heavy atom. The third-order valence-corrected chi connectivity index (χ3v) is 10.3. The second-order valence-corrected chi connectivity index (χ2v) is 12.4. The molecule has 1 aromatic heterocycles. The minimum Gasteiger partial charge on any atom is -0.472 e. The molecule has 7 nitrogen and oxygen atoms in total. The van der Waals surface area contributed by atoms with Crippen LogP contribution in [0, 0.1) is 33.5 Å². The van der Waals surface area contributed by atoms with Gasteiger partial charge in [-0.25, -0.2) is 0 Å². The van der Waals surface area contributed by atoms with E-state index in [0.29, 0.717) is 6.42 Å². The molecule has 4 aliphatic rings. The highest BCUT2D eigenvalue weighted by Gasteiger charge is 2.71. The molecular weight excluding hydrogens is 448 g/mol. The molecule has 0 spiro atoms. The number of hydrogen-bond donors (Lipinski definition) is 1. The van der Waals surface area contributed by atoms with Crippen molar-refractivity contribution in [3.8, 4) is 0 Å². The number of cyclic esters (lactones) is 1. The number of carbonyl (C=O) groups excluding carboxylic acids is 3. The Balaban J connectivity index is 1.71. The SMILES string of the molecule is COC(=O)CC1C(C)(C)C(O)C2(C)CC3=C4CC(=O)OC(c5ccoc5)C4(C)CCC3C1(C)C2=O. The molecule has 3 aliphatic carbocycles. The fourth-order valence-corrected chi connectivity index (χ4v) is 8.53. The number of hydrogen-bond acceptors (Lipinski definition) is 7. The van der Waals surface area contributed by atoms with Crippen molar-refractivity contribution in [1.29, 1.82) is 0 Å². The van der Waals surface area contributed by atoms with Gasteiger partial charge < -0.3 is 19.0 Å². The number of esters is 2. The van der Waals surface area contributed by atoms with Crippen molar-refractivity contribution in [3.63, 3.8) is 0 Å². The summed E-state index contributed by atoms with van der Waals surface area (Å²) in [6.45, 7) is 9.91. The number of rotatable bonds is 3. The quantitative estimate of drug-likeness (QED) is 0.496. The van der Waals surface area contributed by atoms with Crippen LogP contribution in [-0.4, -0.2) is 36.0 Å². The summed E-state index contributed by atoms with van der Waals surface area (Å²) in [4.78, 5) is 39.6. The first-order chi connectivity index (χ1) is 16.3. The fourth-order valence-electron chi connectivity index (χ4n) is 8.53. The average Bonchev–Trinajstić information content (AvgIpc) is 3.34. The number of methoxy groups -OCH3 is 1. The first kappa shape index (κ1) is 24.3. The number of Topliss-reactive ketones (excluding diaryl/α,β-unsaturated/α-hetero) is 1. The van der Waals surface area contributed by atoms with Gasteiger partial charge in [0.2, 0.25) is 0 Å². The Bertz CT molecular complexity index is 1110. The minimum atomic E-state index is -1.01. The predicted molar refractivity (Wildman–Crippen MR) is 126 cm³/mol. The Hall–Kier alpha value is -2.41. The molecule has 0 amide bonds. The van der Waals surface area contributed by atoms with E-state index in [4.69, 9.17) is 13.9 Å². The molecule has 190 valence electrons. The molecule has 7 atom stereocenters. The van der Waals surface area contributed by atoms with Gasteiger partial charge in [-0.05, 0) is 55.1 Å². The van der Waals surface area contributed by atoms with Crippen LogP contribution < -0.4 is 0 Å². The minimum absolute atomic E-state index is 0.0217. The van der Waals surface area contributed by atoms with Gasteiger partial charge in [-0.3, -0.25) is 14.4 Å². The van der Waals surface area contributed by atoms with E-state index in [1.807, 2.05) is 33.8 Å². The Kier molecular flexibility index (Phi) is 5.24. The molecule has 7 heteroatoms. The monoisotopic (exact) mass is 484 g/mol. The van der Waals surface area contributed by atoms with Gasteiger partial charge in [0.05, 0.1) is 37.6 Å². The third-order valence-electron chi connectivity index (χ3n) is 10.3. The molecule has 2 saturated carbocycles. The maximum absolute atomic E-state index is 14.2. The van der Waals surface area contributed by atoms with Crippen LogP contribution in [0.1, 0.15) is 78.4 Å². The highest BCUT2D eigenvalue weighted by molar-refractivity contribution is 5.95. The van der Waals surface area contributed by atoms with Crippen LogP contribution in [0.25, 0.3) is 0 Å². The highest BCUT2D eigenvalue weighted by atomic mass is 16.5. The van der Waals surface area contributed by atoms with E-state index in [1.165, 1.54) is 7.11 Å². The molecule has 3 fully saturated rings. The zero-order valence-electron chi connectivity index (χ0n) is 21.5. The first-order valence-corrected chi connectivity index (χ1v) is 12.6. The molecule has 1 N–H and O–H groups in total. The van der Waals surface area contributed by atoms with E-state index < -0.39 is 39.8 Å². The molecule has 1 aromatic rings. The second-order valence-electron chi connectivity index (χ2n) is 12.4. The largest absolute Gasteiger partial charge is 0.472 e. The van der Waals surface area contributed by atoms with E-state index >= 15 is 0 Å². The van der Waals surface area contributed by atoms with E-state index in [9.17, 15) is 19.5 Å². The van der Waals surface area contributed by atoms with Crippen LogP contribution in [0.3, 0.4) is 0 Å². The number of aliphatic hydroxyl groups excluding tert-OH is 1. The van der Waals surface area contributed by atoms with Crippen LogP contribution in [-0.2, 0) is 23.9 Å². The summed E-state index contributed by atoms with van der Waals surface area (Å²) >= 11 is 0. The maximum Gasteiger partial charge on any atom is 0.310 e. The lowest BCUT2D eigenvalue weighted by Gasteiger charge is -2.66. The van der Waals surface area contributed by atoms with Crippen molar-refractivity contribution in [2.45, 2.75) is 78.9 Å². The normalized spacial score (nSPS) is 42.1. The van der Waals surface area contributed by atoms with Crippen molar-refractivity contribution in [2.75, 3.05) is 7.11 Å². The van der Waals surface area contributed by atoms with E-state index in [0.717, 1.165) is 29.6 Å². The molecule has 1 saturated heterocycles. The van der Waals surface area contributed by atoms with Gasteiger partial charge in [0.25, 0.3) is 0 Å². The zero-order chi connectivity index (χ0) is 25.6. The van der Waals surface area contributed by atoms with Crippen molar-refractivity contribution in [3.05, 3.63) is 35.3 Å². The van der Waals surface area contributed by atoms with Crippen LogP contribution in [0.4, 0.5) is 0 Å². The third kappa shape index (κ3) is 3.03. The smallest absolute Gasteiger partial charge is 0.310 e.